The van der Waals surface area contributed by atoms with Crippen LogP contribution in [0.15, 0.2) is 0 Å². The SMILES string of the molecule is CCC(C)C(NC(=O)c1c(C)n[nH]c1C)C(=O)OC. The third-order valence-electron chi connectivity index (χ3n) is 3.31. The Hall–Kier alpha value is -1.85. The molecule has 1 heterocycles. The van der Waals surface area contributed by atoms with Gasteiger partial charge in [-0.2, -0.15) is 5.10 Å². The van der Waals surface area contributed by atoms with Crippen molar-refractivity contribution in [1.82, 2.24) is 15.5 Å². The number of esters is 1. The highest BCUT2D eigenvalue weighted by Crippen LogP contribution is 2.13. The van der Waals surface area contributed by atoms with Crippen LogP contribution < -0.4 is 5.32 Å². The number of aromatic nitrogens is 2. The van der Waals surface area contributed by atoms with Gasteiger partial charge in [0.15, 0.2) is 0 Å². The van der Waals surface area contributed by atoms with Crippen LogP contribution in [0.5, 0.6) is 0 Å². The molecular formula is C13H21N3O3. The van der Waals surface area contributed by atoms with Crippen LogP contribution in [-0.4, -0.2) is 35.2 Å². The first-order valence-electron chi connectivity index (χ1n) is 6.32. The molecule has 1 amide bonds. The molecule has 2 unspecified atom stereocenters. The fourth-order valence-electron chi connectivity index (χ4n) is 1.90. The fourth-order valence-corrected chi connectivity index (χ4v) is 1.90. The third-order valence-corrected chi connectivity index (χ3v) is 3.31. The summed E-state index contributed by atoms with van der Waals surface area (Å²) in [5.41, 5.74) is 1.78. The summed E-state index contributed by atoms with van der Waals surface area (Å²) in [5.74, 6) is -0.732. The molecule has 0 bridgehead atoms. The van der Waals surface area contributed by atoms with Crippen molar-refractivity contribution >= 4 is 11.9 Å². The van der Waals surface area contributed by atoms with Crippen molar-refractivity contribution in [2.24, 2.45) is 5.92 Å². The van der Waals surface area contributed by atoms with E-state index in [9.17, 15) is 9.59 Å². The summed E-state index contributed by atoms with van der Waals surface area (Å²) < 4.78 is 4.74. The second-order valence-electron chi connectivity index (χ2n) is 4.67. The molecule has 0 fully saturated rings. The molecule has 0 aromatic carbocycles. The molecule has 0 aliphatic heterocycles. The molecule has 0 saturated carbocycles. The van der Waals surface area contributed by atoms with Crippen molar-refractivity contribution in [2.45, 2.75) is 40.2 Å². The number of H-pyrrole nitrogens is 1. The normalized spacial score (nSPS) is 13.7. The Labute approximate surface area is 112 Å². The van der Waals surface area contributed by atoms with E-state index in [0.717, 1.165) is 6.42 Å². The number of nitrogens with one attached hydrogen (secondary N) is 2. The molecule has 1 aromatic rings. The standard InChI is InChI=1S/C13H21N3O3/c1-6-7(2)11(13(18)19-5)14-12(17)10-8(3)15-16-9(10)4/h7,11H,6H2,1-5H3,(H,14,17)(H,15,16). The summed E-state index contributed by atoms with van der Waals surface area (Å²) in [4.78, 5) is 23.9. The smallest absolute Gasteiger partial charge is 0.328 e. The molecule has 0 aliphatic rings. The predicted octanol–water partition coefficient (Wildman–Crippen LogP) is 1.34. The van der Waals surface area contributed by atoms with Gasteiger partial charge in [-0.25, -0.2) is 4.79 Å². The van der Waals surface area contributed by atoms with Crippen LogP contribution in [0, 0.1) is 19.8 Å². The van der Waals surface area contributed by atoms with Gasteiger partial charge in [-0.1, -0.05) is 20.3 Å². The lowest BCUT2D eigenvalue weighted by Crippen LogP contribution is -2.45. The number of aryl methyl sites for hydroxylation is 2. The maximum atomic E-state index is 12.2. The van der Waals surface area contributed by atoms with Crippen LogP contribution in [0.3, 0.4) is 0 Å². The van der Waals surface area contributed by atoms with E-state index in [4.69, 9.17) is 4.74 Å². The number of rotatable bonds is 5. The van der Waals surface area contributed by atoms with Gasteiger partial charge in [-0.05, 0) is 19.8 Å². The van der Waals surface area contributed by atoms with Gasteiger partial charge in [0.05, 0.1) is 18.4 Å². The van der Waals surface area contributed by atoms with Crippen LogP contribution in [-0.2, 0) is 9.53 Å². The Morgan fingerprint density at radius 1 is 1.42 bits per heavy atom. The van der Waals surface area contributed by atoms with Gasteiger partial charge in [0.2, 0.25) is 0 Å². The maximum absolute atomic E-state index is 12.2. The third kappa shape index (κ3) is 3.33. The van der Waals surface area contributed by atoms with Crippen molar-refractivity contribution < 1.29 is 14.3 Å². The van der Waals surface area contributed by atoms with Crippen LogP contribution in [0.25, 0.3) is 0 Å². The molecule has 0 radical (unpaired) electrons. The van der Waals surface area contributed by atoms with E-state index in [2.05, 4.69) is 15.5 Å². The summed E-state index contributed by atoms with van der Waals surface area (Å²) in [6, 6.07) is -0.642. The second-order valence-corrected chi connectivity index (χ2v) is 4.67. The van der Waals surface area contributed by atoms with Crippen molar-refractivity contribution in [3.63, 3.8) is 0 Å². The molecule has 6 nitrogen and oxygen atoms in total. The molecule has 1 aromatic heterocycles. The zero-order valence-corrected chi connectivity index (χ0v) is 12.0. The van der Waals surface area contributed by atoms with E-state index in [1.165, 1.54) is 7.11 Å². The number of hydrogen-bond donors (Lipinski definition) is 2. The average Bonchev–Trinajstić information content (AvgIpc) is 2.73. The summed E-state index contributed by atoms with van der Waals surface area (Å²) in [6.45, 7) is 7.37. The van der Waals surface area contributed by atoms with Crippen molar-refractivity contribution in [3.8, 4) is 0 Å². The van der Waals surface area contributed by atoms with E-state index in [1.54, 1.807) is 13.8 Å². The van der Waals surface area contributed by atoms with Gasteiger partial charge in [0, 0.05) is 5.69 Å². The topological polar surface area (TPSA) is 84.1 Å². The second kappa shape index (κ2) is 6.36. The summed E-state index contributed by atoms with van der Waals surface area (Å²) >= 11 is 0. The summed E-state index contributed by atoms with van der Waals surface area (Å²) in [5, 5.41) is 9.45. The zero-order chi connectivity index (χ0) is 14.6. The number of amides is 1. The number of carbonyl (C=O) groups is 2. The lowest BCUT2D eigenvalue weighted by molar-refractivity contribution is -0.144. The van der Waals surface area contributed by atoms with E-state index in [0.29, 0.717) is 17.0 Å². The molecule has 1 rings (SSSR count). The minimum absolute atomic E-state index is 0.00362. The van der Waals surface area contributed by atoms with Crippen molar-refractivity contribution in [3.05, 3.63) is 17.0 Å². The first-order valence-corrected chi connectivity index (χ1v) is 6.32. The Morgan fingerprint density at radius 3 is 2.47 bits per heavy atom. The number of hydrogen-bond acceptors (Lipinski definition) is 4. The molecule has 0 saturated heterocycles. The Kier molecular flexibility index (Phi) is 5.09. The number of nitrogens with zero attached hydrogens (tertiary/aromatic N) is 1. The lowest BCUT2D eigenvalue weighted by Gasteiger charge is -2.21. The first-order chi connectivity index (χ1) is 8.92. The number of methoxy groups -OCH3 is 1. The van der Waals surface area contributed by atoms with Gasteiger partial charge in [-0.15, -0.1) is 0 Å². The van der Waals surface area contributed by atoms with Crippen LogP contribution in [0.4, 0.5) is 0 Å². The molecule has 2 atom stereocenters. The van der Waals surface area contributed by atoms with E-state index >= 15 is 0 Å². The largest absolute Gasteiger partial charge is 0.467 e. The Morgan fingerprint density at radius 2 is 2.05 bits per heavy atom. The van der Waals surface area contributed by atoms with E-state index in [1.807, 2.05) is 13.8 Å². The van der Waals surface area contributed by atoms with Crippen molar-refractivity contribution in [2.75, 3.05) is 7.11 Å². The Balaban J connectivity index is 2.91. The van der Waals surface area contributed by atoms with Crippen LogP contribution in [0.2, 0.25) is 0 Å². The zero-order valence-electron chi connectivity index (χ0n) is 12.0. The van der Waals surface area contributed by atoms with Gasteiger partial charge in [0.25, 0.3) is 5.91 Å². The highest BCUT2D eigenvalue weighted by Gasteiger charge is 2.28. The molecule has 2 N–H and O–H groups in total. The van der Waals surface area contributed by atoms with Gasteiger partial charge in [-0.3, -0.25) is 9.89 Å². The van der Waals surface area contributed by atoms with Gasteiger partial charge in [0.1, 0.15) is 6.04 Å². The lowest BCUT2D eigenvalue weighted by atomic mass is 9.98. The molecule has 106 valence electrons. The number of ether oxygens (including phenoxy) is 1. The first kappa shape index (κ1) is 15.2. The minimum atomic E-state index is -0.642. The molecule has 19 heavy (non-hydrogen) atoms. The van der Waals surface area contributed by atoms with E-state index < -0.39 is 12.0 Å². The average molecular weight is 267 g/mol. The van der Waals surface area contributed by atoms with Crippen LogP contribution in [0.1, 0.15) is 42.0 Å². The molecular weight excluding hydrogens is 246 g/mol. The Bertz CT molecular complexity index is 448. The summed E-state index contributed by atoms with van der Waals surface area (Å²) in [6.07, 6.45) is 0.767. The highest BCUT2D eigenvalue weighted by atomic mass is 16.5. The highest BCUT2D eigenvalue weighted by molar-refractivity contribution is 5.98. The number of carbonyl (C=O) groups excluding carboxylic acids is 2. The molecule has 6 heteroatoms. The van der Waals surface area contributed by atoms with Crippen molar-refractivity contribution in [1.29, 1.82) is 0 Å². The molecule has 0 spiro atoms. The maximum Gasteiger partial charge on any atom is 0.328 e. The quantitative estimate of drug-likeness (QED) is 0.789. The molecule has 0 aliphatic carbocycles. The number of aromatic amines is 1. The van der Waals surface area contributed by atoms with Gasteiger partial charge >= 0.3 is 5.97 Å². The monoisotopic (exact) mass is 267 g/mol. The fraction of sp³-hybridized carbons (Fsp3) is 0.615. The predicted molar refractivity (Wildman–Crippen MR) is 70.8 cm³/mol. The van der Waals surface area contributed by atoms with Gasteiger partial charge < -0.3 is 10.1 Å². The van der Waals surface area contributed by atoms with E-state index in [-0.39, 0.29) is 11.8 Å². The van der Waals surface area contributed by atoms with Crippen LogP contribution >= 0.6 is 0 Å². The summed E-state index contributed by atoms with van der Waals surface area (Å²) in [7, 11) is 1.32. The minimum Gasteiger partial charge on any atom is -0.467 e.